The number of rotatable bonds is 5. The van der Waals surface area contributed by atoms with Crippen LogP contribution in [0.1, 0.15) is 12.5 Å². The van der Waals surface area contributed by atoms with Gasteiger partial charge in [-0.2, -0.15) is 0 Å². The molecule has 0 N–H and O–H groups in total. The zero-order valence-corrected chi connectivity index (χ0v) is 12.8. The van der Waals surface area contributed by atoms with Gasteiger partial charge >= 0.3 is 0 Å². The number of anilines is 1. The Labute approximate surface area is 122 Å². The summed E-state index contributed by atoms with van der Waals surface area (Å²) in [4.78, 5) is 0. The number of thiophene rings is 1. The van der Waals surface area contributed by atoms with E-state index in [0.717, 1.165) is 5.56 Å². The normalized spacial score (nSPS) is 11.5. The number of nitrogens with zero attached hydrogens (tertiary/aromatic N) is 1. The van der Waals surface area contributed by atoms with Gasteiger partial charge in [0.25, 0.3) is 10.0 Å². The summed E-state index contributed by atoms with van der Waals surface area (Å²) in [5, 5.41) is 1.78. The number of hydrogen-bond donors (Lipinski definition) is 0. The fraction of sp³-hybridized carbons (Fsp3) is 0.231. The van der Waals surface area contributed by atoms with Crippen LogP contribution in [0.2, 0.25) is 0 Å². The number of benzene rings is 1. The molecular weight excluding hydrogens is 302 g/mol. The molecule has 2 aromatic rings. The average molecular weight is 316 g/mol. The maximum atomic E-state index is 12.6. The second kappa shape index (κ2) is 5.94. The van der Waals surface area contributed by atoms with Crippen molar-refractivity contribution in [3.63, 3.8) is 0 Å². The minimum absolute atomic E-state index is 0.323. The van der Waals surface area contributed by atoms with Crippen molar-refractivity contribution in [2.24, 2.45) is 0 Å². The van der Waals surface area contributed by atoms with Crippen molar-refractivity contribution in [3.05, 3.63) is 47.3 Å². The first-order chi connectivity index (χ1) is 9.09. The minimum Gasteiger partial charge on any atom is -0.266 e. The Morgan fingerprint density at radius 1 is 1.26 bits per heavy atom. The molecule has 0 unspecified atom stereocenters. The largest absolute Gasteiger partial charge is 0.273 e. The van der Waals surface area contributed by atoms with Gasteiger partial charge in [0.15, 0.2) is 0 Å². The Morgan fingerprint density at radius 3 is 2.47 bits per heavy atom. The van der Waals surface area contributed by atoms with E-state index in [9.17, 15) is 8.42 Å². The van der Waals surface area contributed by atoms with E-state index >= 15 is 0 Å². The third-order valence-electron chi connectivity index (χ3n) is 2.66. The van der Waals surface area contributed by atoms with Gasteiger partial charge in [0.2, 0.25) is 0 Å². The predicted molar refractivity (Wildman–Crippen MR) is 80.5 cm³/mol. The van der Waals surface area contributed by atoms with Gasteiger partial charge in [0, 0.05) is 12.4 Å². The zero-order valence-electron chi connectivity index (χ0n) is 10.4. The highest BCUT2D eigenvalue weighted by molar-refractivity contribution is 7.94. The first kappa shape index (κ1) is 14.4. The topological polar surface area (TPSA) is 37.4 Å². The van der Waals surface area contributed by atoms with Gasteiger partial charge in [-0.15, -0.1) is 22.9 Å². The highest BCUT2D eigenvalue weighted by Gasteiger charge is 2.25. The van der Waals surface area contributed by atoms with Gasteiger partial charge in [0.05, 0.1) is 5.69 Å². The van der Waals surface area contributed by atoms with Crippen molar-refractivity contribution in [3.8, 4) is 0 Å². The lowest BCUT2D eigenvalue weighted by atomic mass is 10.3. The van der Waals surface area contributed by atoms with E-state index in [4.69, 9.17) is 11.6 Å². The van der Waals surface area contributed by atoms with Crippen LogP contribution < -0.4 is 4.31 Å². The molecule has 1 aromatic heterocycles. The van der Waals surface area contributed by atoms with Gasteiger partial charge in [0.1, 0.15) is 4.21 Å². The quantitative estimate of drug-likeness (QED) is 0.789. The van der Waals surface area contributed by atoms with Crippen molar-refractivity contribution in [2.75, 3.05) is 10.8 Å². The summed E-state index contributed by atoms with van der Waals surface area (Å²) in [5.41, 5.74) is 1.50. The van der Waals surface area contributed by atoms with Crippen LogP contribution in [0.15, 0.2) is 46.0 Å². The lowest BCUT2D eigenvalue weighted by Crippen LogP contribution is -2.30. The number of hydrogen-bond acceptors (Lipinski definition) is 3. The highest BCUT2D eigenvalue weighted by Crippen LogP contribution is 2.28. The first-order valence-corrected chi connectivity index (χ1v) is 8.66. The van der Waals surface area contributed by atoms with Crippen molar-refractivity contribution in [1.82, 2.24) is 0 Å². The SMILES string of the molecule is CCN(c1ccccc1)S(=O)(=O)c1cc(CCl)cs1. The van der Waals surface area contributed by atoms with E-state index in [-0.39, 0.29) is 0 Å². The van der Waals surface area contributed by atoms with Gasteiger partial charge in [-0.1, -0.05) is 18.2 Å². The van der Waals surface area contributed by atoms with Crippen LogP contribution in [0.3, 0.4) is 0 Å². The van der Waals surface area contributed by atoms with Crippen LogP contribution in [0.25, 0.3) is 0 Å². The second-order valence-electron chi connectivity index (χ2n) is 3.91. The van der Waals surface area contributed by atoms with Crippen molar-refractivity contribution in [2.45, 2.75) is 17.0 Å². The minimum atomic E-state index is -3.50. The van der Waals surface area contributed by atoms with Crippen molar-refractivity contribution in [1.29, 1.82) is 0 Å². The number of alkyl halides is 1. The molecule has 2 rings (SSSR count). The van der Waals surface area contributed by atoms with E-state index in [1.807, 2.05) is 25.1 Å². The summed E-state index contributed by atoms with van der Waals surface area (Å²) in [6.45, 7) is 2.21. The molecule has 1 aromatic carbocycles. The molecule has 0 bridgehead atoms. The van der Waals surface area contributed by atoms with E-state index in [1.54, 1.807) is 23.6 Å². The average Bonchev–Trinajstić information content (AvgIpc) is 2.90. The summed E-state index contributed by atoms with van der Waals surface area (Å²) in [7, 11) is -3.50. The zero-order chi connectivity index (χ0) is 13.9. The smallest absolute Gasteiger partial charge is 0.266 e. The molecular formula is C13H14ClNO2S2. The molecule has 0 aliphatic rings. The molecule has 3 nitrogen and oxygen atoms in total. The Kier molecular flexibility index (Phi) is 4.50. The third kappa shape index (κ3) is 2.94. The Balaban J connectivity index is 2.42. The fourth-order valence-corrected chi connectivity index (χ4v) is 4.79. The summed E-state index contributed by atoms with van der Waals surface area (Å²) in [6.07, 6.45) is 0. The van der Waals surface area contributed by atoms with Crippen LogP contribution in [0.5, 0.6) is 0 Å². The highest BCUT2D eigenvalue weighted by atomic mass is 35.5. The number of sulfonamides is 1. The van der Waals surface area contributed by atoms with Gasteiger partial charge in [-0.05, 0) is 36.1 Å². The lowest BCUT2D eigenvalue weighted by Gasteiger charge is -2.21. The third-order valence-corrected chi connectivity index (χ3v) is 6.34. The molecule has 0 aliphatic heterocycles. The van der Waals surface area contributed by atoms with E-state index in [0.29, 0.717) is 22.3 Å². The van der Waals surface area contributed by atoms with E-state index in [2.05, 4.69) is 0 Å². The van der Waals surface area contributed by atoms with E-state index < -0.39 is 10.0 Å². The van der Waals surface area contributed by atoms with Gasteiger partial charge in [-0.3, -0.25) is 4.31 Å². The Morgan fingerprint density at radius 2 is 1.95 bits per heavy atom. The molecule has 6 heteroatoms. The lowest BCUT2D eigenvalue weighted by molar-refractivity contribution is 0.594. The summed E-state index contributed by atoms with van der Waals surface area (Å²) < 4.78 is 26.9. The molecule has 0 saturated carbocycles. The van der Waals surface area contributed by atoms with Crippen LogP contribution in [0, 0.1) is 0 Å². The Hall–Kier alpha value is -1.04. The molecule has 102 valence electrons. The van der Waals surface area contributed by atoms with Crippen LogP contribution in [-0.4, -0.2) is 15.0 Å². The molecule has 0 aliphatic carbocycles. The summed E-state index contributed by atoms with van der Waals surface area (Å²) in [5.74, 6) is 0.323. The van der Waals surface area contributed by atoms with Crippen molar-refractivity contribution < 1.29 is 8.42 Å². The summed E-state index contributed by atoms with van der Waals surface area (Å²) >= 11 is 6.92. The van der Waals surface area contributed by atoms with Crippen LogP contribution in [-0.2, 0) is 15.9 Å². The Bertz CT molecular complexity index is 638. The molecule has 0 atom stereocenters. The van der Waals surface area contributed by atoms with Crippen LogP contribution in [0.4, 0.5) is 5.69 Å². The standard InChI is InChI=1S/C13H14ClNO2S2/c1-2-15(12-6-4-3-5-7-12)19(16,17)13-8-11(9-14)10-18-13/h3-8,10H,2,9H2,1H3. The number of para-hydroxylation sites is 1. The second-order valence-corrected chi connectivity index (χ2v) is 7.18. The molecule has 0 amide bonds. The predicted octanol–water partition coefficient (Wildman–Crippen LogP) is 3.70. The number of halogens is 1. The molecule has 1 heterocycles. The molecule has 0 saturated heterocycles. The van der Waals surface area contributed by atoms with Gasteiger partial charge in [-0.25, -0.2) is 8.42 Å². The fourth-order valence-electron chi connectivity index (χ4n) is 1.75. The molecule has 19 heavy (non-hydrogen) atoms. The summed E-state index contributed by atoms with van der Waals surface area (Å²) in [6, 6.07) is 10.7. The molecule has 0 radical (unpaired) electrons. The van der Waals surface area contributed by atoms with Gasteiger partial charge < -0.3 is 0 Å². The van der Waals surface area contributed by atoms with Crippen molar-refractivity contribution >= 4 is 38.6 Å². The monoisotopic (exact) mass is 315 g/mol. The maximum absolute atomic E-state index is 12.6. The van der Waals surface area contributed by atoms with E-state index in [1.165, 1.54) is 15.6 Å². The molecule has 0 fully saturated rings. The maximum Gasteiger partial charge on any atom is 0.273 e. The molecule has 0 spiro atoms. The van der Waals surface area contributed by atoms with Crippen LogP contribution >= 0.6 is 22.9 Å². The first-order valence-electron chi connectivity index (χ1n) is 5.80.